The molecule has 0 aliphatic carbocycles. The number of carbonyl (C=O) groups excluding carboxylic acids is 2. The number of amides is 1. The minimum Gasteiger partial charge on any atom is -0.456 e. The average Bonchev–Trinajstić information content (AvgIpc) is 3.21. The molecule has 3 aromatic rings. The predicted molar refractivity (Wildman–Crippen MR) is 110 cm³/mol. The number of para-hydroxylation sites is 1. The van der Waals surface area contributed by atoms with Crippen LogP contribution in [0.25, 0.3) is 0 Å². The first-order valence-corrected chi connectivity index (χ1v) is 11.3. The fourth-order valence-electron chi connectivity index (χ4n) is 2.61. The van der Waals surface area contributed by atoms with Crippen LogP contribution in [0, 0.1) is 5.82 Å². The molecular formula is C20H15F3N2O5S2. The highest BCUT2D eigenvalue weighted by atomic mass is 32.2. The summed E-state index contributed by atoms with van der Waals surface area (Å²) in [5, 5.41) is 1.70. The first-order chi connectivity index (χ1) is 15.1. The van der Waals surface area contributed by atoms with Crippen LogP contribution in [0.1, 0.15) is 23.0 Å². The molecule has 0 N–H and O–H groups in total. The molecule has 0 radical (unpaired) electrons. The van der Waals surface area contributed by atoms with Gasteiger partial charge in [0.25, 0.3) is 0 Å². The summed E-state index contributed by atoms with van der Waals surface area (Å²) in [6, 6.07) is 9.58. The molecule has 1 amide bonds. The van der Waals surface area contributed by atoms with E-state index in [1.54, 1.807) is 6.07 Å². The Morgan fingerprint density at radius 1 is 1.12 bits per heavy atom. The average molecular weight is 484 g/mol. The maximum Gasteiger partial charge on any atom is 0.341 e. The third-order valence-electron chi connectivity index (χ3n) is 4.14. The van der Waals surface area contributed by atoms with Crippen molar-refractivity contribution in [3.8, 4) is 0 Å². The van der Waals surface area contributed by atoms with Gasteiger partial charge in [-0.15, -0.1) is 11.3 Å². The molecule has 0 atom stereocenters. The zero-order valence-corrected chi connectivity index (χ0v) is 18.0. The molecule has 7 nitrogen and oxygen atoms in total. The van der Waals surface area contributed by atoms with Crippen LogP contribution in [0.15, 0.2) is 58.8 Å². The van der Waals surface area contributed by atoms with Crippen LogP contribution in [0.3, 0.4) is 0 Å². The van der Waals surface area contributed by atoms with E-state index in [-0.39, 0.29) is 28.7 Å². The van der Waals surface area contributed by atoms with Crippen LogP contribution in [0.4, 0.5) is 24.0 Å². The number of nitrogens with zero attached hydrogens (tertiary/aromatic N) is 2. The predicted octanol–water partition coefficient (Wildman–Crippen LogP) is 4.32. The molecule has 1 aromatic heterocycles. The third-order valence-corrected chi connectivity index (χ3v) is 6.42. The van der Waals surface area contributed by atoms with E-state index >= 15 is 0 Å². The molecule has 32 heavy (non-hydrogen) atoms. The van der Waals surface area contributed by atoms with Crippen LogP contribution >= 0.6 is 11.3 Å². The van der Waals surface area contributed by atoms with E-state index in [2.05, 4.69) is 4.98 Å². The minimum atomic E-state index is -4.77. The Hall–Kier alpha value is -3.25. The van der Waals surface area contributed by atoms with Crippen molar-refractivity contribution < 1.29 is 35.9 Å². The summed E-state index contributed by atoms with van der Waals surface area (Å²) in [7, 11) is -4.77. The van der Waals surface area contributed by atoms with E-state index in [0.717, 1.165) is 40.5 Å². The van der Waals surface area contributed by atoms with Gasteiger partial charge in [-0.3, -0.25) is 9.69 Å². The van der Waals surface area contributed by atoms with Gasteiger partial charge in [0.1, 0.15) is 12.4 Å². The van der Waals surface area contributed by atoms with Crippen molar-refractivity contribution in [3.63, 3.8) is 0 Å². The summed E-state index contributed by atoms with van der Waals surface area (Å²) < 4.78 is 67.2. The minimum absolute atomic E-state index is 0.0248. The van der Waals surface area contributed by atoms with Gasteiger partial charge in [0, 0.05) is 12.3 Å². The number of alkyl halides is 2. The Labute approximate surface area is 185 Å². The van der Waals surface area contributed by atoms with Crippen LogP contribution in [0.2, 0.25) is 0 Å². The SMILES string of the molecule is CC(=O)N(c1nc(COC(=O)c2ccc(S(=O)(=O)C(F)F)cc2)cs1)c1ccccc1F. The number of anilines is 2. The van der Waals surface area contributed by atoms with E-state index in [4.69, 9.17) is 4.74 Å². The largest absolute Gasteiger partial charge is 0.456 e. The fraction of sp³-hybridized carbons (Fsp3) is 0.150. The number of rotatable bonds is 7. The lowest BCUT2D eigenvalue weighted by Gasteiger charge is -2.18. The number of esters is 1. The summed E-state index contributed by atoms with van der Waals surface area (Å²) >= 11 is 1.04. The van der Waals surface area contributed by atoms with Gasteiger partial charge in [0.15, 0.2) is 5.13 Å². The third kappa shape index (κ3) is 4.97. The summed E-state index contributed by atoms with van der Waals surface area (Å²) in [4.78, 5) is 28.9. The lowest BCUT2D eigenvalue weighted by molar-refractivity contribution is -0.115. The molecular weight excluding hydrogens is 469 g/mol. The highest BCUT2D eigenvalue weighted by Gasteiger charge is 2.26. The fourth-order valence-corrected chi connectivity index (χ4v) is 4.20. The quantitative estimate of drug-likeness (QED) is 0.464. The van der Waals surface area contributed by atoms with E-state index in [1.165, 1.54) is 30.5 Å². The molecule has 168 valence electrons. The maximum atomic E-state index is 14.1. The van der Waals surface area contributed by atoms with E-state index in [0.29, 0.717) is 0 Å². The number of thiazole rings is 1. The first-order valence-electron chi connectivity index (χ1n) is 8.90. The lowest BCUT2D eigenvalue weighted by atomic mass is 10.2. The Bertz CT molecular complexity index is 1240. The Morgan fingerprint density at radius 3 is 2.38 bits per heavy atom. The number of ether oxygens (including phenoxy) is 1. The molecule has 0 saturated carbocycles. The molecule has 1 heterocycles. The van der Waals surface area contributed by atoms with Gasteiger partial charge in [0.05, 0.1) is 21.8 Å². The second-order valence-electron chi connectivity index (χ2n) is 6.33. The number of sulfone groups is 1. The number of benzene rings is 2. The Kier molecular flexibility index (Phi) is 6.94. The normalized spacial score (nSPS) is 11.4. The molecule has 0 saturated heterocycles. The van der Waals surface area contributed by atoms with E-state index < -0.39 is 38.2 Å². The van der Waals surface area contributed by atoms with Crippen molar-refractivity contribution in [3.05, 3.63) is 71.0 Å². The number of hydrogen-bond donors (Lipinski definition) is 0. The summed E-state index contributed by atoms with van der Waals surface area (Å²) in [6.45, 7) is 0.973. The van der Waals surface area contributed by atoms with Gasteiger partial charge in [0.2, 0.25) is 15.7 Å². The molecule has 3 rings (SSSR count). The maximum absolute atomic E-state index is 14.1. The molecule has 0 fully saturated rings. The van der Waals surface area contributed by atoms with Gasteiger partial charge in [-0.1, -0.05) is 12.1 Å². The summed E-state index contributed by atoms with van der Waals surface area (Å²) in [5.41, 5.74) is 0.264. The zero-order valence-electron chi connectivity index (χ0n) is 16.4. The van der Waals surface area contributed by atoms with Crippen molar-refractivity contribution in [2.24, 2.45) is 0 Å². The van der Waals surface area contributed by atoms with Crippen LogP contribution in [-0.4, -0.2) is 31.0 Å². The van der Waals surface area contributed by atoms with Crippen molar-refractivity contribution >= 4 is 43.9 Å². The van der Waals surface area contributed by atoms with E-state index in [9.17, 15) is 31.2 Å². The number of aromatic nitrogens is 1. The monoisotopic (exact) mass is 484 g/mol. The zero-order chi connectivity index (χ0) is 23.5. The second-order valence-corrected chi connectivity index (χ2v) is 9.09. The van der Waals surface area contributed by atoms with Gasteiger partial charge in [-0.25, -0.2) is 22.6 Å². The van der Waals surface area contributed by atoms with Crippen molar-refractivity contribution in [2.75, 3.05) is 4.90 Å². The van der Waals surface area contributed by atoms with Gasteiger partial charge < -0.3 is 4.74 Å². The van der Waals surface area contributed by atoms with Gasteiger partial charge in [-0.2, -0.15) is 8.78 Å². The molecule has 0 aliphatic heterocycles. The Morgan fingerprint density at radius 2 is 1.78 bits per heavy atom. The molecule has 0 spiro atoms. The summed E-state index contributed by atoms with van der Waals surface area (Å²) in [6.07, 6.45) is 0. The standard InChI is InChI=1S/C20H15F3N2O5S2/c1-12(26)25(17-5-3-2-4-16(17)21)20-24-14(11-31-20)10-30-18(27)13-6-8-15(9-7-13)32(28,29)19(22)23/h2-9,11,19H,10H2,1H3. The van der Waals surface area contributed by atoms with Crippen molar-refractivity contribution in [2.45, 2.75) is 24.2 Å². The molecule has 0 aliphatic rings. The van der Waals surface area contributed by atoms with Crippen molar-refractivity contribution in [1.29, 1.82) is 0 Å². The summed E-state index contributed by atoms with van der Waals surface area (Å²) in [5.74, 6) is -5.48. The molecule has 0 unspecified atom stereocenters. The smallest absolute Gasteiger partial charge is 0.341 e. The van der Waals surface area contributed by atoms with E-state index in [1.807, 2.05) is 0 Å². The first kappa shape index (κ1) is 23.4. The number of halogens is 3. The van der Waals surface area contributed by atoms with Crippen molar-refractivity contribution in [1.82, 2.24) is 4.98 Å². The molecule has 0 bridgehead atoms. The van der Waals surface area contributed by atoms with Crippen LogP contribution < -0.4 is 4.90 Å². The second kappa shape index (κ2) is 9.49. The van der Waals surface area contributed by atoms with Gasteiger partial charge >= 0.3 is 11.7 Å². The number of hydrogen-bond acceptors (Lipinski definition) is 7. The highest BCUT2D eigenvalue weighted by Crippen LogP contribution is 2.31. The topological polar surface area (TPSA) is 93.6 Å². The lowest BCUT2D eigenvalue weighted by Crippen LogP contribution is -2.23. The highest BCUT2D eigenvalue weighted by molar-refractivity contribution is 7.91. The molecule has 2 aromatic carbocycles. The number of carbonyl (C=O) groups is 2. The van der Waals surface area contributed by atoms with Gasteiger partial charge in [-0.05, 0) is 36.4 Å². The molecule has 12 heteroatoms. The van der Waals surface area contributed by atoms with Crippen LogP contribution in [-0.2, 0) is 26.0 Å². The Balaban J connectivity index is 1.70. The van der Waals surface area contributed by atoms with Crippen LogP contribution in [0.5, 0.6) is 0 Å².